The molecule has 0 aliphatic heterocycles. The Morgan fingerprint density at radius 3 is 2.50 bits per heavy atom. The first kappa shape index (κ1) is 24.0. The summed E-state index contributed by atoms with van der Waals surface area (Å²) in [6.07, 6.45) is 1.87. The first-order valence-corrected chi connectivity index (χ1v) is 11.2. The molecule has 2 amide bonds. The summed E-state index contributed by atoms with van der Waals surface area (Å²) in [5.41, 5.74) is 0.679. The van der Waals surface area contributed by atoms with Gasteiger partial charge in [-0.25, -0.2) is 9.97 Å². The number of benzene rings is 1. The first-order valence-electron chi connectivity index (χ1n) is 9.83. The van der Waals surface area contributed by atoms with Crippen LogP contribution in [0.25, 0.3) is 0 Å². The molecule has 162 valence electrons. The molecule has 1 aromatic carbocycles. The second kappa shape index (κ2) is 11.8. The number of carbonyl (C=O) groups excluding carboxylic acids is 2. The first-order chi connectivity index (χ1) is 14.3. The molecular weight excluding hydrogens is 424 g/mol. The molecule has 0 aliphatic rings. The van der Waals surface area contributed by atoms with Crippen molar-refractivity contribution in [3.63, 3.8) is 0 Å². The van der Waals surface area contributed by atoms with E-state index < -0.39 is 11.9 Å². The largest absolute Gasteiger partial charge is 0.494 e. The lowest BCUT2D eigenvalue weighted by molar-refractivity contribution is -0.118. The molecule has 2 aromatic rings. The van der Waals surface area contributed by atoms with Crippen LogP contribution >= 0.6 is 23.4 Å². The van der Waals surface area contributed by atoms with E-state index in [0.717, 1.165) is 11.5 Å². The van der Waals surface area contributed by atoms with Gasteiger partial charge in [-0.3, -0.25) is 9.59 Å². The fraction of sp³-hybridized carbons (Fsp3) is 0.429. The maximum Gasteiger partial charge on any atom is 0.272 e. The van der Waals surface area contributed by atoms with E-state index in [1.807, 2.05) is 27.7 Å². The fourth-order valence-electron chi connectivity index (χ4n) is 2.67. The van der Waals surface area contributed by atoms with Gasteiger partial charge < -0.3 is 15.4 Å². The summed E-state index contributed by atoms with van der Waals surface area (Å²) in [4.78, 5) is 34.0. The Morgan fingerprint density at radius 1 is 1.20 bits per heavy atom. The molecule has 0 saturated heterocycles. The van der Waals surface area contributed by atoms with Gasteiger partial charge in [0, 0.05) is 5.69 Å². The van der Waals surface area contributed by atoms with Gasteiger partial charge in [0.2, 0.25) is 5.91 Å². The predicted octanol–water partition coefficient (Wildman–Crippen LogP) is 4.42. The highest BCUT2D eigenvalue weighted by atomic mass is 35.5. The quantitative estimate of drug-likeness (QED) is 0.411. The average molecular weight is 451 g/mol. The molecule has 1 atom stereocenters. The lowest BCUT2D eigenvalue weighted by Crippen LogP contribution is -2.45. The minimum atomic E-state index is -0.739. The molecular formula is C21H27ClN4O3S. The Kier molecular flexibility index (Phi) is 9.39. The number of ether oxygens (including phenoxy) is 1. The maximum atomic E-state index is 12.9. The zero-order valence-corrected chi connectivity index (χ0v) is 19.1. The molecule has 1 heterocycles. The molecule has 0 radical (unpaired) electrons. The maximum absolute atomic E-state index is 12.9. The number of hydrogen-bond donors (Lipinski definition) is 2. The van der Waals surface area contributed by atoms with Crippen LogP contribution in [-0.4, -0.2) is 40.2 Å². The van der Waals surface area contributed by atoms with Gasteiger partial charge in [0.05, 0.1) is 17.8 Å². The third-order valence-electron chi connectivity index (χ3n) is 3.97. The SMILES string of the molecule is CCOc1ccc(NC(=O)[C@H](CC(C)C)NC(=O)c2nc(SCC)ncc2Cl)cc1. The highest BCUT2D eigenvalue weighted by Gasteiger charge is 2.25. The van der Waals surface area contributed by atoms with Crippen molar-refractivity contribution in [3.8, 4) is 5.75 Å². The molecule has 0 saturated carbocycles. The van der Waals surface area contributed by atoms with Crippen molar-refractivity contribution >= 4 is 40.9 Å². The summed E-state index contributed by atoms with van der Waals surface area (Å²) in [6.45, 7) is 8.40. The summed E-state index contributed by atoms with van der Waals surface area (Å²) < 4.78 is 5.41. The Bertz CT molecular complexity index is 862. The Balaban J connectivity index is 2.13. The molecule has 0 spiro atoms. The average Bonchev–Trinajstić information content (AvgIpc) is 2.70. The van der Waals surface area contributed by atoms with Crippen molar-refractivity contribution in [2.24, 2.45) is 5.92 Å². The molecule has 0 aliphatic carbocycles. The Hall–Kier alpha value is -2.32. The van der Waals surface area contributed by atoms with E-state index in [4.69, 9.17) is 16.3 Å². The van der Waals surface area contributed by atoms with Crippen LogP contribution in [0.3, 0.4) is 0 Å². The van der Waals surface area contributed by atoms with Crippen LogP contribution in [0.15, 0.2) is 35.6 Å². The van der Waals surface area contributed by atoms with Crippen molar-refractivity contribution in [2.75, 3.05) is 17.7 Å². The number of nitrogens with zero attached hydrogens (tertiary/aromatic N) is 2. The topological polar surface area (TPSA) is 93.2 Å². The third-order valence-corrected chi connectivity index (χ3v) is 4.99. The van der Waals surface area contributed by atoms with Crippen LogP contribution < -0.4 is 15.4 Å². The summed E-state index contributed by atoms with van der Waals surface area (Å²) in [7, 11) is 0. The number of anilines is 1. The van der Waals surface area contributed by atoms with Crippen LogP contribution in [-0.2, 0) is 4.79 Å². The van der Waals surface area contributed by atoms with Gasteiger partial charge in [0.25, 0.3) is 5.91 Å². The number of rotatable bonds is 10. The molecule has 1 aromatic heterocycles. The number of nitrogens with one attached hydrogen (secondary N) is 2. The smallest absolute Gasteiger partial charge is 0.272 e. The molecule has 30 heavy (non-hydrogen) atoms. The zero-order valence-electron chi connectivity index (χ0n) is 17.6. The van der Waals surface area contributed by atoms with Crippen molar-refractivity contribution in [1.29, 1.82) is 0 Å². The van der Waals surface area contributed by atoms with Gasteiger partial charge in [0.1, 0.15) is 11.8 Å². The molecule has 2 rings (SSSR count). The van der Waals surface area contributed by atoms with Gasteiger partial charge >= 0.3 is 0 Å². The number of halogens is 1. The van der Waals surface area contributed by atoms with Crippen molar-refractivity contribution in [3.05, 3.63) is 41.2 Å². The zero-order chi connectivity index (χ0) is 22.1. The highest BCUT2D eigenvalue weighted by Crippen LogP contribution is 2.19. The molecule has 7 nitrogen and oxygen atoms in total. The van der Waals surface area contributed by atoms with E-state index in [2.05, 4.69) is 20.6 Å². The summed E-state index contributed by atoms with van der Waals surface area (Å²) in [6, 6.07) is 6.34. The number of amides is 2. The monoisotopic (exact) mass is 450 g/mol. The number of hydrogen-bond acceptors (Lipinski definition) is 6. The van der Waals surface area contributed by atoms with Gasteiger partial charge in [-0.05, 0) is 49.3 Å². The number of thioether (sulfide) groups is 1. The van der Waals surface area contributed by atoms with E-state index in [9.17, 15) is 9.59 Å². The van der Waals surface area contributed by atoms with E-state index >= 15 is 0 Å². The molecule has 0 fully saturated rings. The van der Waals surface area contributed by atoms with E-state index in [1.54, 1.807) is 24.3 Å². The fourth-order valence-corrected chi connectivity index (χ4v) is 3.39. The number of carbonyl (C=O) groups is 2. The van der Waals surface area contributed by atoms with Crippen molar-refractivity contribution in [1.82, 2.24) is 15.3 Å². The van der Waals surface area contributed by atoms with Crippen LogP contribution in [0, 0.1) is 5.92 Å². The van der Waals surface area contributed by atoms with Crippen LogP contribution in [0.5, 0.6) is 5.75 Å². The van der Waals surface area contributed by atoms with E-state index in [0.29, 0.717) is 23.9 Å². The standard InChI is InChI=1S/C21H27ClN4O3S/c1-5-29-15-9-7-14(8-10-15)24-19(27)17(11-13(3)4)25-20(28)18-16(22)12-23-21(26-18)30-6-2/h7-10,12-13,17H,5-6,11H2,1-4H3,(H,24,27)(H,25,28)/t17-/m0/s1. The minimum Gasteiger partial charge on any atom is -0.494 e. The van der Waals surface area contributed by atoms with Gasteiger partial charge in [0.15, 0.2) is 10.9 Å². The number of aromatic nitrogens is 2. The van der Waals surface area contributed by atoms with E-state index in [-0.39, 0.29) is 22.5 Å². The summed E-state index contributed by atoms with van der Waals surface area (Å²) >= 11 is 7.53. The second-order valence-corrected chi connectivity index (χ2v) is 8.52. The second-order valence-electron chi connectivity index (χ2n) is 6.88. The van der Waals surface area contributed by atoms with Crippen molar-refractivity contribution in [2.45, 2.75) is 45.3 Å². The minimum absolute atomic E-state index is 0.0604. The molecule has 0 bridgehead atoms. The van der Waals surface area contributed by atoms with Crippen molar-refractivity contribution < 1.29 is 14.3 Å². The summed E-state index contributed by atoms with van der Waals surface area (Å²) in [5.74, 6) is 0.862. The van der Waals surface area contributed by atoms with Crippen LogP contribution in [0.4, 0.5) is 5.69 Å². The predicted molar refractivity (Wildman–Crippen MR) is 120 cm³/mol. The third kappa shape index (κ3) is 7.18. The normalized spacial score (nSPS) is 11.8. The highest BCUT2D eigenvalue weighted by molar-refractivity contribution is 7.99. The molecule has 2 N–H and O–H groups in total. The molecule has 0 unspecified atom stereocenters. The van der Waals surface area contributed by atoms with Gasteiger partial charge in [-0.1, -0.05) is 44.1 Å². The van der Waals surface area contributed by atoms with Gasteiger partial charge in [-0.2, -0.15) is 0 Å². The molecule has 9 heteroatoms. The van der Waals surface area contributed by atoms with Crippen LogP contribution in [0.2, 0.25) is 5.02 Å². The Labute approximate surface area is 186 Å². The van der Waals surface area contributed by atoms with Crippen LogP contribution in [0.1, 0.15) is 44.6 Å². The van der Waals surface area contributed by atoms with Gasteiger partial charge in [-0.15, -0.1) is 0 Å². The lowest BCUT2D eigenvalue weighted by Gasteiger charge is -2.20. The lowest BCUT2D eigenvalue weighted by atomic mass is 10.0. The summed E-state index contributed by atoms with van der Waals surface area (Å²) in [5, 5.41) is 6.21. The van der Waals surface area contributed by atoms with E-state index in [1.165, 1.54) is 18.0 Å². The Morgan fingerprint density at radius 2 is 1.90 bits per heavy atom.